The zero-order valence-electron chi connectivity index (χ0n) is 13.6. The molecule has 122 valence electrons. The summed E-state index contributed by atoms with van der Waals surface area (Å²) >= 11 is 0. The molecule has 6 nitrogen and oxygen atoms in total. The lowest BCUT2D eigenvalue weighted by atomic mass is 9.85. The number of likely N-dealkylation sites (tertiary alicyclic amines) is 2. The van der Waals surface area contributed by atoms with Gasteiger partial charge in [-0.3, -0.25) is 14.4 Å². The predicted octanol–water partition coefficient (Wildman–Crippen LogP) is 1.02. The zero-order valence-corrected chi connectivity index (χ0v) is 13.6. The molecule has 1 spiro atoms. The first-order valence-corrected chi connectivity index (χ1v) is 8.12. The molecule has 0 N–H and O–H groups in total. The maximum atomic E-state index is 12.2. The summed E-state index contributed by atoms with van der Waals surface area (Å²) in [6, 6.07) is 0. The lowest BCUT2D eigenvalue weighted by molar-refractivity contribution is -0.133. The molecule has 1 aromatic heterocycles. The van der Waals surface area contributed by atoms with Crippen molar-refractivity contribution >= 4 is 5.91 Å². The molecule has 0 unspecified atom stereocenters. The topological polar surface area (TPSA) is 50.6 Å². The largest absolute Gasteiger partial charge is 0.383 e. The van der Waals surface area contributed by atoms with E-state index in [4.69, 9.17) is 4.74 Å². The Morgan fingerprint density at radius 2 is 2.09 bits per heavy atom. The van der Waals surface area contributed by atoms with E-state index in [2.05, 4.69) is 21.1 Å². The number of methoxy groups -OCH3 is 1. The summed E-state index contributed by atoms with van der Waals surface area (Å²) in [6.45, 7) is 4.41. The van der Waals surface area contributed by atoms with Gasteiger partial charge < -0.3 is 9.64 Å². The number of amides is 1. The first kappa shape index (κ1) is 15.5. The van der Waals surface area contributed by atoms with Gasteiger partial charge in [-0.15, -0.1) is 0 Å². The highest BCUT2D eigenvalue weighted by atomic mass is 16.5. The molecule has 3 rings (SSSR count). The van der Waals surface area contributed by atoms with E-state index >= 15 is 0 Å². The number of aryl methyl sites for hydroxylation is 1. The molecule has 2 aliphatic heterocycles. The number of nitrogens with zero attached hydrogens (tertiary/aromatic N) is 4. The molecular weight excluding hydrogens is 280 g/mol. The molecular formula is C16H26N4O2. The van der Waals surface area contributed by atoms with E-state index in [9.17, 15) is 4.79 Å². The van der Waals surface area contributed by atoms with Gasteiger partial charge in [0.15, 0.2) is 0 Å². The molecule has 2 aliphatic rings. The summed E-state index contributed by atoms with van der Waals surface area (Å²) < 4.78 is 7.03. The maximum absolute atomic E-state index is 12.2. The van der Waals surface area contributed by atoms with Crippen molar-refractivity contribution in [2.45, 2.75) is 37.8 Å². The van der Waals surface area contributed by atoms with Crippen LogP contribution in [0.15, 0.2) is 12.4 Å². The summed E-state index contributed by atoms with van der Waals surface area (Å²) in [5, 5.41) is 4.23. The van der Waals surface area contributed by atoms with Crippen LogP contribution in [0, 0.1) is 0 Å². The molecule has 0 atom stereocenters. The quantitative estimate of drug-likeness (QED) is 0.815. The van der Waals surface area contributed by atoms with Gasteiger partial charge in [0.1, 0.15) is 0 Å². The first-order valence-electron chi connectivity index (χ1n) is 8.12. The lowest BCUT2D eigenvalue weighted by Gasteiger charge is -2.45. The number of rotatable bonds is 5. The van der Waals surface area contributed by atoms with E-state index in [1.807, 2.05) is 17.9 Å². The molecule has 22 heavy (non-hydrogen) atoms. The van der Waals surface area contributed by atoms with Crippen LogP contribution >= 0.6 is 0 Å². The van der Waals surface area contributed by atoms with Crippen molar-refractivity contribution in [2.24, 2.45) is 7.05 Å². The van der Waals surface area contributed by atoms with Crippen LogP contribution in [-0.2, 0) is 23.1 Å². The minimum Gasteiger partial charge on any atom is -0.383 e. The van der Waals surface area contributed by atoms with Crippen molar-refractivity contribution < 1.29 is 9.53 Å². The Bertz CT molecular complexity index is 520. The monoisotopic (exact) mass is 306 g/mol. The van der Waals surface area contributed by atoms with Crippen molar-refractivity contribution in [2.75, 3.05) is 33.4 Å². The van der Waals surface area contributed by atoms with Gasteiger partial charge in [0.05, 0.1) is 12.8 Å². The molecule has 0 aliphatic carbocycles. The van der Waals surface area contributed by atoms with E-state index in [0.29, 0.717) is 18.9 Å². The van der Waals surface area contributed by atoms with Crippen LogP contribution < -0.4 is 0 Å². The third kappa shape index (κ3) is 3.03. The van der Waals surface area contributed by atoms with Gasteiger partial charge in [-0.2, -0.15) is 5.10 Å². The van der Waals surface area contributed by atoms with E-state index in [1.54, 1.807) is 7.11 Å². The number of hydrogen-bond donors (Lipinski definition) is 0. The van der Waals surface area contributed by atoms with Crippen LogP contribution in [0.1, 0.15) is 31.2 Å². The molecule has 1 amide bonds. The van der Waals surface area contributed by atoms with Gasteiger partial charge >= 0.3 is 0 Å². The first-order chi connectivity index (χ1) is 10.6. The Kier molecular flexibility index (Phi) is 4.49. The lowest BCUT2D eigenvalue weighted by Crippen LogP contribution is -2.53. The van der Waals surface area contributed by atoms with Crippen molar-refractivity contribution in [3.8, 4) is 0 Å². The van der Waals surface area contributed by atoms with Gasteiger partial charge in [-0.05, 0) is 19.3 Å². The average Bonchev–Trinajstić information content (AvgIpc) is 3.05. The number of hydrogen-bond acceptors (Lipinski definition) is 4. The predicted molar refractivity (Wildman–Crippen MR) is 83.3 cm³/mol. The van der Waals surface area contributed by atoms with Crippen LogP contribution in [0.25, 0.3) is 0 Å². The van der Waals surface area contributed by atoms with Crippen LogP contribution in [0.5, 0.6) is 0 Å². The standard InChI is InChI=1S/C16H26N4O2/c1-18-12-14(11-17-18)13-19-7-5-16(6-8-19)4-3-15(21)20(16)9-10-22-2/h11-12H,3-10,13H2,1-2H3. The number of aromatic nitrogens is 2. The van der Waals surface area contributed by atoms with Crippen molar-refractivity contribution in [3.05, 3.63) is 18.0 Å². The second-order valence-corrected chi connectivity index (χ2v) is 6.56. The van der Waals surface area contributed by atoms with Gasteiger partial charge in [-0.25, -0.2) is 0 Å². The fourth-order valence-corrected chi connectivity index (χ4v) is 3.88. The van der Waals surface area contributed by atoms with Crippen LogP contribution in [0.4, 0.5) is 0 Å². The minimum absolute atomic E-state index is 0.0844. The molecule has 0 bridgehead atoms. The summed E-state index contributed by atoms with van der Waals surface area (Å²) in [4.78, 5) is 16.7. The van der Waals surface area contributed by atoms with Crippen molar-refractivity contribution in [1.29, 1.82) is 0 Å². The van der Waals surface area contributed by atoms with Crippen molar-refractivity contribution in [3.63, 3.8) is 0 Å². The molecule has 1 aromatic rings. The number of ether oxygens (including phenoxy) is 1. The van der Waals surface area contributed by atoms with E-state index < -0.39 is 0 Å². The van der Waals surface area contributed by atoms with E-state index in [1.165, 1.54) is 5.56 Å². The highest BCUT2D eigenvalue weighted by Crippen LogP contribution is 2.39. The molecule has 2 fully saturated rings. The summed E-state index contributed by atoms with van der Waals surface area (Å²) in [5.74, 6) is 0.303. The Morgan fingerprint density at radius 3 is 2.73 bits per heavy atom. The van der Waals surface area contributed by atoms with Gasteiger partial charge in [0.25, 0.3) is 0 Å². The third-order valence-corrected chi connectivity index (χ3v) is 5.15. The molecule has 0 aromatic carbocycles. The molecule has 0 saturated carbocycles. The maximum Gasteiger partial charge on any atom is 0.223 e. The number of carbonyl (C=O) groups is 1. The third-order valence-electron chi connectivity index (χ3n) is 5.15. The van der Waals surface area contributed by atoms with Gasteiger partial charge in [0.2, 0.25) is 5.91 Å². The van der Waals surface area contributed by atoms with Crippen LogP contribution in [0.2, 0.25) is 0 Å². The van der Waals surface area contributed by atoms with Crippen LogP contribution in [-0.4, -0.2) is 64.4 Å². The summed E-state index contributed by atoms with van der Waals surface area (Å²) in [6.07, 6.45) is 7.87. The van der Waals surface area contributed by atoms with E-state index in [-0.39, 0.29) is 5.54 Å². The SMILES string of the molecule is COCCN1C(=O)CCC12CCN(Cc1cnn(C)c1)CC2. The number of piperidine rings is 1. The highest BCUT2D eigenvalue weighted by Gasteiger charge is 2.46. The fourth-order valence-electron chi connectivity index (χ4n) is 3.88. The smallest absolute Gasteiger partial charge is 0.223 e. The molecule has 6 heteroatoms. The molecule has 0 radical (unpaired) electrons. The summed E-state index contributed by atoms with van der Waals surface area (Å²) in [7, 11) is 3.65. The molecule has 3 heterocycles. The number of carbonyl (C=O) groups excluding carboxylic acids is 1. The van der Waals surface area contributed by atoms with Crippen molar-refractivity contribution in [1.82, 2.24) is 19.6 Å². The second kappa shape index (κ2) is 6.38. The normalized spacial score (nSPS) is 21.9. The molecule has 2 saturated heterocycles. The van der Waals surface area contributed by atoms with Crippen LogP contribution in [0.3, 0.4) is 0 Å². The average molecular weight is 306 g/mol. The van der Waals surface area contributed by atoms with E-state index in [0.717, 1.165) is 45.4 Å². The van der Waals surface area contributed by atoms with Gasteiger partial charge in [-0.1, -0.05) is 0 Å². The Labute approximate surface area is 132 Å². The van der Waals surface area contributed by atoms with Gasteiger partial charge in [0, 0.05) is 64.1 Å². The minimum atomic E-state index is 0.0844. The Balaban J connectivity index is 1.58. The Morgan fingerprint density at radius 1 is 1.32 bits per heavy atom. The zero-order chi connectivity index (χ0) is 15.6. The summed E-state index contributed by atoms with van der Waals surface area (Å²) in [5.41, 5.74) is 1.35. The Hall–Kier alpha value is -1.40. The fraction of sp³-hybridized carbons (Fsp3) is 0.750. The second-order valence-electron chi connectivity index (χ2n) is 6.56. The highest BCUT2D eigenvalue weighted by molar-refractivity contribution is 5.79.